The molecule has 0 atom stereocenters. The van der Waals surface area contributed by atoms with Gasteiger partial charge in [-0.05, 0) is 38.1 Å². The van der Waals surface area contributed by atoms with Gasteiger partial charge in [0.1, 0.15) is 0 Å². The second-order valence-corrected chi connectivity index (χ2v) is 6.41. The average Bonchev–Trinajstić information content (AvgIpc) is 2.53. The first-order valence-corrected chi connectivity index (χ1v) is 8.37. The highest BCUT2D eigenvalue weighted by atomic mass is 127. The second kappa shape index (κ2) is 10.9. The molecule has 0 unspecified atom stereocenters. The van der Waals surface area contributed by atoms with Crippen molar-refractivity contribution in [1.29, 1.82) is 0 Å². The summed E-state index contributed by atoms with van der Waals surface area (Å²) in [4.78, 5) is 6.57. The normalized spacial score (nSPS) is 16.1. The molecule has 1 aliphatic rings. The molecule has 1 aliphatic carbocycles. The lowest BCUT2D eigenvalue weighted by molar-refractivity contribution is 0.400. The van der Waals surface area contributed by atoms with Gasteiger partial charge in [0.2, 0.25) is 0 Å². The van der Waals surface area contributed by atoms with Gasteiger partial charge in [-0.15, -0.1) is 24.0 Å². The van der Waals surface area contributed by atoms with E-state index in [-0.39, 0.29) is 24.0 Å². The first-order chi connectivity index (χ1) is 10.7. The number of nitrogens with one attached hydrogen (secondary N) is 2. The molecule has 0 heterocycles. The molecule has 23 heavy (non-hydrogen) atoms. The van der Waals surface area contributed by atoms with E-state index in [1.807, 2.05) is 7.05 Å². The molecule has 1 aromatic rings. The van der Waals surface area contributed by atoms with Crippen LogP contribution < -0.4 is 10.6 Å². The highest BCUT2D eigenvalue weighted by Crippen LogP contribution is 2.17. The Morgan fingerprint density at radius 3 is 2.39 bits per heavy atom. The van der Waals surface area contributed by atoms with Crippen LogP contribution in [0.4, 0.5) is 0 Å². The topological polar surface area (TPSA) is 39.7 Å². The van der Waals surface area contributed by atoms with Crippen molar-refractivity contribution in [3.05, 3.63) is 35.4 Å². The molecule has 1 aromatic carbocycles. The van der Waals surface area contributed by atoms with E-state index in [1.165, 1.54) is 43.2 Å². The first-order valence-electron chi connectivity index (χ1n) is 8.37. The molecule has 0 spiro atoms. The maximum atomic E-state index is 4.37. The van der Waals surface area contributed by atoms with Crippen LogP contribution in [-0.4, -0.2) is 38.0 Å². The SMILES string of the molecule is CN=C(NCc1ccccc1CN(C)C)NC1CCCCC1.I. The molecule has 1 fully saturated rings. The lowest BCUT2D eigenvalue weighted by atomic mass is 9.96. The third-order valence-corrected chi connectivity index (χ3v) is 4.22. The number of guanidine groups is 1. The van der Waals surface area contributed by atoms with Crippen molar-refractivity contribution in [3.8, 4) is 0 Å². The molecule has 130 valence electrons. The van der Waals surface area contributed by atoms with Gasteiger partial charge >= 0.3 is 0 Å². The summed E-state index contributed by atoms with van der Waals surface area (Å²) in [5.41, 5.74) is 2.70. The number of benzene rings is 1. The summed E-state index contributed by atoms with van der Waals surface area (Å²) in [5, 5.41) is 7.03. The van der Waals surface area contributed by atoms with Crippen LogP contribution in [-0.2, 0) is 13.1 Å². The number of nitrogens with zero attached hydrogens (tertiary/aromatic N) is 2. The zero-order chi connectivity index (χ0) is 15.8. The van der Waals surface area contributed by atoms with E-state index in [2.05, 4.69) is 58.9 Å². The third-order valence-electron chi connectivity index (χ3n) is 4.22. The van der Waals surface area contributed by atoms with E-state index in [1.54, 1.807) is 0 Å². The summed E-state index contributed by atoms with van der Waals surface area (Å²) in [5.74, 6) is 0.923. The van der Waals surface area contributed by atoms with E-state index in [0.717, 1.165) is 19.0 Å². The lowest BCUT2D eigenvalue weighted by Gasteiger charge is -2.25. The van der Waals surface area contributed by atoms with E-state index in [0.29, 0.717) is 6.04 Å². The molecule has 0 aliphatic heterocycles. The van der Waals surface area contributed by atoms with E-state index in [9.17, 15) is 0 Å². The summed E-state index contributed by atoms with van der Waals surface area (Å²) in [6.07, 6.45) is 6.57. The molecule has 1 saturated carbocycles. The maximum absolute atomic E-state index is 4.37. The van der Waals surface area contributed by atoms with Crippen LogP contribution in [0.15, 0.2) is 29.3 Å². The van der Waals surface area contributed by atoms with Crippen molar-refractivity contribution >= 4 is 29.9 Å². The Hall–Kier alpha value is -0.820. The molecule has 0 radical (unpaired) electrons. The fourth-order valence-corrected chi connectivity index (χ4v) is 3.04. The van der Waals surface area contributed by atoms with Crippen molar-refractivity contribution < 1.29 is 0 Å². The second-order valence-electron chi connectivity index (χ2n) is 6.41. The van der Waals surface area contributed by atoms with Gasteiger partial charge in [0.05, 0.1) is 0 Å². The molecule has 5 heteroatoms. The summed E-state index contributed by atoms with van der Waals surface area (Å²) in [7, 11) is 6.06. The van der Waals surface area contributed by atoms with Crippen LogP contribution in [0.3, 0.4) is 0 Å². The standard InChI is InChI=1S/C18H30N4.HI/c1-19-18(21-17-11-5-4-6-12-17)20-13-15-9-7-8-10-16(15)14-22(2)3;/h7-10,17H,4-6,11-14H2,1-3H3,(H2,19,20,21);1H. The van der Waals surface area contributed by atoms with Gasteiger partial charge in [0.15, 0.2) is 5.96 Å². The number of hydrogen-bond donors (Lipinski definition) is 2. The van der Waals surface area contributed by atoms with E-state index >= 15 is 0 Å². The highest BCUT2D eigenvalue weighted by molar-refractivity contribution is 14.0. The molecule has 4 nitrogen and oxygen atoms in total. The predicted octanol–water partition coefficient (Wildman–Crippen LogP) is 3.36. The number of hydrogen-bond acceptors (Lipinski definition) is 2. The zero-order valence-corrected chi connectivity index (χ0v) is 17.0. The van der Waals surface area contributed by atoms with Crippen LogP contribution in [0, 0.1) is 0 Å². The van der Waals surface area contributed by atoms with Crippen LogP contribution in [0.2, 0.25) is 0 Å². The molecule has 0 saturated heterocycles. The van der Waals surface area contributed by atoms with Crippen LogP contribution in [0.5, 0.6) is 0 Å². The fraction of sp³-hybridized carbons (Fsp3) is 0.611. The summed E-state index contributed by atoms with van der Waals surface area (Å²) < 4.78 is 0. The van der Waals surface area contributed by atoms with Crippen LogP contribution in [0.25, 0.3) is 0 Å². The van der Waals surface area contributed by atoms with Gasteiger partial charge in [-0.2, -0.15) is 0 Å². The summed E-state index contributed by atoms with van der Waals surface area (Å²) >= 11 is 0. The van der Waals surface area contributed by atoms with E-state index in [4.69, 9.17) is 0 Å². The molecule has 0 bridgehead atoms. The molecule has 0 aromatic heterocycles. The minimum Gasteiger partial charge on any atom is -0.354 e. The maximum Gasteiger partial charge on any atom is 0.191 e. The number of rotatable bonds is 5. The largest absolute Gasteiger partial charge is 0.354 e. The van der Waals surface area contributed by atoms with Gasteiger partial charge in [-0.25, -0.2) is 0 Å². The molecular weight excluding hydrogens is 399 g/mol. The molecule has 2 rings (SSSR count). The van der Waals surface area contributed by atoms with Gasteiger partial charge in [0, 0.05) is 26.2 Å². The summed E-state index contributed by atoms with van der Waals surface area (Å²) in [6.45, 7) is 1.78. The molecule has 0 amide bonds. The van der Waals surface area contributed by atoms with Crippen molar-refractivity contribution in [2.24, 2.45) is 4.99 Å². The Morgan fingerprint density at radius 2 is 1.78 bits per heavy atom. The molecule has 2 N–H and O–H groups in total. The van der Waals surface area contributed by atoms with Crippen molar-refractivity contribution in [3.63, 3.8) is 0 Å². The Balaban J connectivity index is 0.00000264. The van der Waals surface area contributed by atoms with Crippen LogP contribution in [0.1, 0.15) is 43.2 Å². The van der Waals surface area contributed by atoms with Crippen molar-refractivity contribution in [2.45, 2.75) is 51.2 Å². The van der Waals surface area contributed by atoms with Crippen molar-refractivity contribution in [1.82, 2.24) is 15.5 Å². The third kappa shape index (κ3) is 7.08. The van der Waals surface area contributed by atoms with Crippen molar-refractivity contribution in [2.75, 3.05) is 21.1 Å². The van der Waals surface area contributed by atoms with Gasteiger partial charge < -0.3 is 15.5 Å². The monoisotopic (exact) mass is 430 g/mol. The highest BCUT2D eigenvalue weighted by Gasteiger charge is 2.14. The minimum atomic E-state index is 0. The molecular formula is C18H31IN4. The minimum absolute atomic E-state index is 0. The van der Waals surface area contributed by atoms with E-state index < -0.39 is 0 Å². The lowest BCUT2D eigenvalue weighted by Crippen LogP contribution is -2.43. The number of aliphatic imine (C=N–C) groups is 1. The average molecular weight is 430 g/mol. The Bertz CT molecular complexity index is 482. The van der Waals surface area contributed by atoms with Gasteiger partial charge in [-0.1, -0.05) is 43.5 Å². The van der Waals surface area contributed by atoms with Gasteiger partial charge in [0.25, 0.3) is 0 Å². The smallest absolute Gasteiger partial charge is 0.191 e. The van der Waals surface area contributed by atoms with Crippen LogP contribution >= 0.6 is 24.0 Å². The fourth-order valence-electron chi connectivity index (χ4n) is 3.04. The quantitative estimate of drug-likeness (QED) is 0.428. The number of halogens is 1. The Labute approximate surface area is 158 Å². The summed E-state index contributed by atoms with van der Waals surface area (Å²) in [6, 6.07) is 9.19. The Morgan fingerprint density at radius 1 is 1.13 bits per heavy atom. The van der Waals surface area contributed by atoms with Gasteiger partial charge in [-0.3, -0.25) is 4.99 Å². The first kappa shape index (κ1) is 20.2. The zero-order valence-electron chi connectivity index (χ0n) is 14.6. The predicted molar refractivity (Wildman–Crippen MR) is 109 cm³/mol. The Kier molecular flexibility index (Phi) is 9.55.